The van der Waals surface area contributed by atoms with Gasteiger partial charge in [0.05, 0.1) is 11.6 Å². The van der Waals surface area contributed by atoms with Crippen molar-refractivity contribution in [1.82, 2.24) is 20.9 Å². The van der Waals surface area contributed by atoms with Gasteiger partial charge in [-0.05, 0) is 54.6 Å². The molecule has 1 aliphatic heterocycles. The highest BCUT2D eigenvalue weighted by Gasteiger charge is 2.48. The molecule has 5 N–H and O–H groups in total. The lowest BCUT2D eigenvalue weighted by Crippen LogP contribution is -2.66. The van der Waals surface area contributed by atoms with E-state index in [-0.39, 0.29) is 34.7 Å². The van der Waals surface area contributed by atoms with Crippen molar-refractivity contribution in [2.45, 2.75) is 123 Å². The Morgan fingerprint density at radius 3 is 2.17 bits per heavy atom. The Labute approximate surface area is 255 Å². The maximum Gasteiger partial charge on any atom is 0.315 e. The Bertz CT molecular complexity index is 1030. The van der Waals surface area contributed by atoms with Crippen molar-refractivity contribution in [2.24, 2.45) is 28.4 Å². The van der Waals surface area contributed by atoms with Crippen LogP contribution in [-0.2, 0) is 19.2 Å². The van der Waals surface area contributed by atoms with E-state index in [0.717, 1.165) is 50.7 Å². The molecule has 2 aliphatic carbocycles. The third-order valence-corrected chi connectivity index (χ3v) is 10.5. The summed E-state index contributed by atoms with van der Waals surface area (Å²) in [5.74, 6) is -1.53. The van der Waals surface area contributed by atoms with Crippen LogP contribution in [0.15, 0.2) is 0 Å². The number of hydrogen-bond donors (Lipinski definition) is 4. The van der Waals surface area contributed by atoms with Crippen LogP contribution >= 0.6 is 11.8 Å². The molecule has 2 saturated carbocycles. The van der Waals surface area contributed by atoms with Gasteiger partial charge in [-0.3, -0.25) is 19.2 Å². The van der Waals surface area contributed by atoms with Crippen LogP contribution in [0.5, 0.6) is 0 Å². The maximum absolute atomic E-state index is 14.3. The summed E-state index contributed by atoms with van der Waals surface area (Å²) < 4.78 is 0. The second-order valence-electron chi connectivity index (χ2n) is 14.7. The fourth-order valence-corrected chi connectivity index (χ4v) is 7.26. The minimum Gasteiger partial charge on any atom is -0.363 e. The Balaban J connectivity index is 1.84. The van der Waals surface area contributed by atoms with Gasteiger partial charge < -0.3 is 26.6 Å². The van der Waals surface area contributed by atoms with Crippen molar-refractivity contribution >= 4 is 41.3 Å². The number of ketones is 1. The molecule has 238 valence electrons. The quantitative estimate of drug-likeness (QED) is 0.265. The SMILES string of the molecule is CSCC1(NC(=O)N[C@H](C(=O)N2CC(C)C(C)(C)C[C@H]2C(=O)NC(CC2CC2)C(=O)C(N)=O)C(C)(C)C)CCCCC1. The zero-order valence-corrected chi connectivity index (χ0v) is 27.5. The number of hydrogen-bond acceptors (Lipinski definition) is 6. The molecule has 0 bridgehead atoms. The molecule has 0 aromatic heterocycles. The van der Waals surface area contributed by atoms with Crippen LogP contribution in [-0.4, -0.2) is 76.7 Å². The average molecular weight is 608 g/mol. The first-order chi connectivity index (χ1) is 19.5. The lowest BCUT2D eigenvalue weighted by Gasteiger charge is -2.49. The van der Waals surface area contributed by atoms with Gasteiger partial charge in [0.15, 0.2) is 0 Å². The molecular weight excluding hydrogens is 554 g/mol. The molecule has 0 aromatic rings. The molecule has 0 aromatic carbocycles. The Morgan fingerprint density at radius 2 is 1.64 bits per heavy atom. The Morgan fingerprint density at radius 1 is 1.02 bits per heavy atom. The second kappa shape index (κ2) is 13.6. The van der Waals surface area contributed by atoms with Crippen LogP contribution < -0.4 is 21.7 Å². The molecule has 4 atom stereocenters. The van der Waals surface area contributed by atoms with E-state index >= 15 is 0 Å². The summed E-state index contributed by atoms with van der Waals surface area (Å²) in [7, 11) is 0. The highest BCUT2D eigenvalue weighted by atomic mass is 32.2. The number of carbonyl (C=O) groups is 5. The van der Waals surface area contributed by atoms with E-state index in [0.29, 0.717) is 19.4 Å². The van der Waals surface area contributed by atoms with Gasteiger partial charge >= 0.3 is 6.03 Å². The zero-order valence-electron chi connectivity index (χ0n) is 26.6. The molecule has 3 rings (SSSR count). The molecule has 3 aliphatic rings. The third-order valence-electron chi connectivity index (χ3n) is 9.63. The van der Waals surface area contributed by atoms with E-state index in [4.69, 9.17) is 5.73 Å². The summed E-state index contributed by atoms with van der Waals surface area (Å²) in [4.78, 5) is 67.5. The molecule has 1 heterocycles. The predicted octanol–water partition coefficient (Wildman–Crippen LogP) is 3.37. The third kappa shape index (κ3) is 8.63. The predicted molar refractivity (Wildman–Crippen MR) is 166 cm³/mol. The number of amides is 5. The summed E-state index contributed by atoms with van der Waals surface area (Å²) in [6.07, 6.45) is 9.74. The number of piperidine rings is 1. The highest BCUT2D eigenvalue weighted by Crippen LogP contribution is 2.40. The number of likely N-dealkylation sites (tertiary alicyclic amines) is 1. The first kappa shape index (κ1) is 34.2. The monoisotopic (exact) mass is 607 g/mol. The van der Waals surface area contributed by atoms with Gasteiger partial charge in [-0.2, -0.15) is 11.8 Å². The van der Waals surface area contributed by atoms with Crippen molar-refractivity contribution in [1.29, 1.82) is 0 Å². The van der Waals surface area contributed by atoms with Gasteiger partial charge in [0, 0.05) is 12.3 Å². The second-order valence-corrected chi connectivity index (χ2v) is 15.6. The molecule has 0 radical (unpaired) electrons. The summed E-state index contributed by atoms with van der Waals surface area (Å²) in [5.41, 5.74) is 4.10. The van der Waals surface area contributed by atoms with Crippen molar-refractivity contribution in [3.63, 3.8) is 0 Å². The lowest BCUT2D eigenvalue weighted by molar-refractivity contribution is -0.151. The minimum absolute atomic E-state index is 0.0848. The minimum atomic E-state index is -1.08. The number of nitrogens with two attached hydrogens (primary N) is 1. The number of nitrogens with one attached hydrogen (secondary N) is 3. The van der Waals surface area contributed by atoms with Gasteiger partial charge in [-0.25, -0.2) is 4.79 Å². The zero-order chi connectivity index (χ0) is 31.5. The van der Waals surface area contributed by atoms with Crippen LogP contribution in [0.3, 0.4) is 0 Å². The number of carbonyl (C=O) groups excluding carboxylic acids is 5. The van der Waals surface area contributed by atoms with Crippen LogP contribution in [0.25, 0.3) is 0 Å². The van der Waals surface area contributed by atoms with Crippen LogP contribution in [0.1, 0.15) is 99.3 Å². The molecule has 3 fully saturated rings. The smallest absolute Gasteiger partial charge is 0.315 e. The molecule has 5 amide bonds. The Kier molecular flexibility index (Phi) is 11.0. The number of rotatable bonds is 11. The molecular formula is C31H53N5O5S. The van der Waals surface area contributed by atoms with E-state index in [1.807, 2.05) is 27.0 Å². The summed E-state index contributed by atoms with van der Waals surface area (Å²) in [6, 6.07) is -3.12. The van der Waals surface area contributed by atoms with E-state index in [1.54, 1.807) is 16.7 Å². The fourth-order valence-electron chi connectivity index (χ4n) is 6.35. The first-order valence-electron chi connectivity index (χ1n) is 15.5. The van der Waals surface area contributed by atoms with Gasteiger partial charge in [-0.1, -0.05) is 73.6 Å². The van der Waals surface area contributed by atoms with Crippen LogP contribution in [0.2, 0.25) is 0 Å². The number of urea groups is 1. The van der Waals surface area contributed by atoms with Crippen molar-refractivity contribution < 1.29 is 24.0 Å². The summed E-state index contributed by atoms with van der Waals surface area (Å²) >= 11 is 1.71. The largest absolute Gasteiger partial charge is 0.363 e. The van der Waals surface area contributed by atoms with Crippen molar-refractivity contribution in [3.8, 4) is 0 Å². The van der Waals surface area contributed by atoms with E-state index in [2.05, 4.69) is 36.7 Å². The normalized spacial score (nSPS) is 25.1. The van der Waals surface area contributed by atoms with E-state index < -0.39 is 41.1 Å². The lowest BCUT2D eigenvalue weighted by atomic mass is 9.71. The fraction of sp³-hybridized carbons (Fsp3) is 0.839. The van der Waals surface area contributed by atoms with Crippen molar-refractivity contribution in [3.05, 3.63) is 0 Å². The topological polar surface area (TPSA) is 151 Å². The van der Waals surface area contributed by atoms with Gasteiger partial charge in [0.2, 0.25) is 17.6 Å². The van der Waals surface area contributed by atoms with E-state index in [1.165, 1.54) is 0 Å². The molecule has 10 nitrogen and oxygen atoms in total. The van der Waals surface area contributed by atoms with Crippen molar-refractivity contribution in [2.75, 3.05) is 18.6 Å². The Hall–Kier alpha value is -2.30. The van der Waals surface area contributed by atoms with Crippen LogP contribution in [0.4, 0.5) is 4.79 Å². The highest BCUT2D eigenvalue weighted by molar-refractivity contribution is 7.98. The molecule has 0 spiro atoms. The van der Waals surface area contributed by atoms with Gasteiger partial charge in [0.25, 0.3) is 5.91 Å². The molecule has 11 heteroatoms. The van der Waals surface area contributed by atoms with Crippen LogP contribution in [0, 0.1) is 22.7 Å². The number of thioether (sulfide) groups is 1. The summed E-state index contributed by atoms with van der Waals surface area (Å²) in [6.45, 7) is 12.2. The molecule has 42 heavy (non-hydrogen) atoms. The standard InChI is InChI=1S/C31H53N5O5S/c1-19-17-36(22(16-30(19,5)6)26(39)33-21(15-20-11-12-20)23(37)25(32)38)27(40)24(29(2,3)4)34-28(41)35-31(18-42-7)13-9-8-10-14-31/h19-22,24H,8-18H2,1-7H3,(H2,32,38)(H,33,39)(H2,34,35,41)/t19?,21?,22-,24+/m0/s1. The van der Waals surface area contributed by atoms with Gasteiger partial charge in [0.1, 0.15) is 12.1 Å². The molecule has 1 saturated heterocycles. The summed E-state index contributed by atoms with van der Waals surface area (Å²) in [5, 5.41) is 8.99. The van der Waals surface area contributed by atoms with Gasteiger partial charge in [-0.15, -0.1) is 0 Å². The first-order valence-corrected chi connectivity index (χ1v) is 16.9. The maximum atomic E-state index is 14.3. The number of primary amides is 1. The average Bonchev–Trinajstić information content (AvgIpc) is 3.71. The van der Waals surface area contributed by atoms with E-state index in [9.17, 15) is 24.0 Å². The molecule has 2 unspecified atom stereocenters. The number of Topliss-reactive ketones (excluding diaryl/α,β-unsaturated/α-hetero) is 1. The number of nitrogens with zero attached hydrogens (tertiary/aromatic N) is 1.